The average Bonchev–Trinajstić information content (AvgIpc) is 3.29. The number of hydrogen-bond acceptors (Lipinski definition) is 5. The molecule has 1 heterocycles. The Morgan fingerprint density at radius 2 is 1.84 bits per heavy atom. The fraction of sp³-hybridized carbons (Fsp3) is 0.520. The maximum absolute atomic E-state index is 14.5. The molecule has 2 aromatic carbocycles. The molecule has 0 spiro atoms. The van der Waals surface area contributed by atoms with E-state index in [4.69, 9.17) is 14.2 Å². The van der Waals surface area contributed by atoms with E-state index in [0.717, 1.165) is 81.2 Å². The highest BCUT2D eigenvalue weighted by Gasteiger charge is 2.37. The number of halogens is 1. The van der Waals surface area contributed by atoms with Crippen molar-refractivity contribution in [3.63, 3.8) is 0 Å². The lowest BCUT2D eigenvalue weighted by atomic mass is 9.87. The minimum Gasteiger partial charge on any atom is -0.493 e. The van der Waals surface area contributed by atoms with E-state index in [1.165, 1.54) is 0 Å². The molecule has 0 bridgehead atoms. The van der Waals surface area contributed by atoms with Gasteiger partial charge in [0.05, 0.1) is 20.3 Å². The molecule has 0 amide bonds. The van der Waals surface area contributed by atoms with E-state index in [2.05, 4.69) is 16.3 Å². The Bertz CT molecular complexity index is 848. The molecule has 1 saturated heterocycles. The molecule has 4 rings (SSSR count). The topological polar surface area (TPSA) is 43.0 Å². The third-order valence-electron chi connectivity index (χ3n) is 6.47. The number of nitrogens with one attached hydrogen (secondary N) is 1. The van der Waals surface area contributed by atoms with Crippen molar-refractivity contribution < 1.29 is 18.6 Å². The summed E-state index contributed by atoms with van der Waals surface area (Å²) in [5.41, 5.74) is 1.58. The normalized spacial score (nSPS) is 18.8. The second-order valence-electron chi connectivity index (χ2n) is 8.41. The van der Waals surface area contributed by atoms with Crippen molar-refractivity contribution in [3.05, 3.63) is 59.4 Å². The standard InChI is InChI=1S/C25H33FN2O3/c1-29-24-18-20(8-9-23(24)31-17-14-28-12-15-30-16-13-28)19-27-25(10-4-5-11-25)21-6-2-3-7-22(21)26/h2-3,6-9,18,27H,4-5,10-17,19H2,1H3. The first-order valence-corrected chi connectivity index (χ1v) is 11.3. The molecule has 0 atom stereocenters. The first kappa shape index (κ1) is 22.1. The third-order valence-corrected chi connectivity index (χ3v) is 6.47. The van der Waals surface area contributed by atoms with Crippen molar-refractivity contribution >= 4 is 0 Å². The molecule has 0 unspecified atom stereocenters. The SMILES string of the molecule is COc1cc(CNC2(c3ccccc3F)CCCC2)ccc1OCCN1CCOCC1. The minimum atomic E-state index is -0.300. The van der Waals surface area contributed by atoms with E-state index in [0.29, 0.717) is 13.2 Å². The van der Waals surface area contributed by atoms with Gasteiger partial charge in [0.2, 0.25) is 0 Å². The molecule has 31 heavy (non-hydrogen) atoms. The molecule has 1 aliphatic carbocycles. The molecule has 1 aliphatic heterocycles. The number of nitrogens with zero attached hydrogens (tertiary/aromatic N) is 1. The highest BCUT2D eigenvalue weighted by atomic mass is 19.1. The smallest absolute Gasteiger partial charge is 0.161 e. The Morgan fingerprint density at radius 3 is 2.58 bits per heavy atom. The van der Waals surface area contributed by atoms with Crippen molar-refractivity contribution in [1.29, 1.82) is 0 Å². The van der Waals surface area contributed by atoms with Crippen LogP contribution in [-0.4, -0.2) is 51.5 Å². The van der Waals surface area contributed by atoms with Crippen molar-refractivity contribution in [1.82, 2.24) is 10.2 Å². The van der Waals surface area contributed by atoms with Gasteiger partial charge in [-0.25, -0.2) is 4.39 Å². The van der Waals surface area contributed by atoms with Gasteiger partial charge in [-0.3, -0.25) is 4.90 Å². The van der Waals surface area contributed by atoms with Crippen LogP contribution in [0.4, 0.5) is 4.39 Å². The summed E-state index contributed by atoms with van der Waals surface area (Å²) in [5, 5.41) is 3.67. The van der Waals surface area contributed by atoms with Gasteiger partial charge in [-0.1, -0.05) is 37.1 Å². The molecule has 2 aromatic rings. The number of hydrogen-bond donors (Lipinski definition) is 1. The predicted molar refractivity (Wildman–Crippen MR) is 119 cm³/mol. The molecule has 1 N–H and O–H groups in total. The first-order valence-electron chi connectivity index (χ1n) is 11.3. The molecule has 0 aromatic heterocycles. The molecule has 2 fully saturated rings. The summed E-state index contributed by atoms with van der Waals surface area (Å²) < 4.78 is 31.5. The van der Waals surface area contributed by atoms with E-state index in [-0.39, 0.29) is 11.4 Å². The summed E-state index contributed by atoms with van der Waals surface area (Å²) >= 11 is 0. The van der Waals surface area contributed by atoms with Crippen molar-refractivity contribution in [3.8, 4) is 11.5 Å². The highest BCUT2D eigenvalue weighted by molar-refractivity contribution is 5.43. The van der Waals surface area contributed by atoms with Crippen LogP contribution in [0.5, 0.6) is 11.5 Å². The van der Waals surface area contributed by atoms with Gasteiger partial charge in [-0.15, -0.1) is 0 Å². The largest absolute Gasteiger partial charge is 0.493 e. The molecule has 6 heteroatoms. The average molecular weight is 429 g/mol. The van der Waals surface area contributed by atoms with Crippen LogP contribution in [0.3, 0.4) is 0 Å². The molecule has 5 nitrogen and oxygen atoms in total. The van der Waals surface area contributed by atoms with Gasteiger partial charge < -0.3 is 19.5 Å². The van der Waals surface area contributed by atoms with Crippen LogP contribution < -0.4 is 14.8 Å². The van der Waals surface area contributed by atoms with Crippen LogP contribution in [0.15, 0.2) is 42.5 Å². The number of benzene rings is 2. The molecular weight excluding hydrogens is 395 g/mol. The van der Waals surface area contributed by atoms with Gasteiger partial charge in [0, 0.05) is 37.3 Å². The number of methoxy groups -OCH3 is 1. The van der Waals surface area contributed by atoms with Crippen LogP contribution in [0.1, 0.15) is 36.8 Å². The summed E-state index contributed by atoms with van der Waals surface area (Å²) in [6.07, 6.45) is 4.13. The van der Waals surface area contributed by atoms with Gasteiger partial charge in [0.15, 0.2) is 11.5 Å². The number of ether oxygens (including phenoxy) is 3. The zero-order valence-electron chi connectivity index (χ0n) is 18.4. The summed E-state index contributed by atoms with van der Waals surface area (Å²) in [6.45, 7) is 5.63. The Kier molecular flexibility index (Phi) is 7.43. The maximum Gasteiger partial charge on any atom is 0.161 e. The van der Waals surface area contributed by atoms with Gasteiger partial charge >= 0.3 is 0 Å². The second-order valence-corrected chi connectivity index (χ2v) is 8.41. The quantitative estimate of drug-likeness (QED) is 0.651. The van der Waals surface area contributed by atoms with E-state index >= 15 is 0 Å². The van der Waals surface area contributed by atoms with Crippen molar-refractivity contribution in [2.24, 2.45) is 0 Å². The summed E-state index contributed by atoms with van der Waals surface area (Å²) in [4.78, 5) is 2.35. The van der Waals surface area contributed by atoms with Crippen molar-refractivity contribution in [2.75, 3.05) is 46.6 Å². The van der Waals surface area contributed by atoms with E-state index in [1.54, 1.807) is 19.2 Å². The maximum atomic E-state index is 14.5. The lowest BCUT2D eigenvalue weighted by molar-refractivity contribution is 0.0321. The van der Waals surface area contributed by atoms with E-state index in [1.807, 2.05) is 24.3 Å². The minimum absolute atomic E-state index is 0.126. The van der Waals surface area contributed by atoms with Crippen LogP contribution in [0.25, 0.3) is 0 Å². The Morgan fingerprint density at radius 1 is 1.06 bits per heavy atom. The Labute approximate surface area is 184 Å². The van der Waals surface area contributed by atoms with E-state index in [9.17, 15) is 4.39 Å². The monoisotopic (exact) mass is 428 g/mol. The molecule has 2 aliphatic rings. The summed E-state index contributed by atoms with van der Waals surface area (Å²) in [7, 11) is 1.67. The predicted octanol–water partition coefficient (Wildman–Crippen LogP) is 4.10. The van der Waals surface area contributed by atoms with Gasteiger partial charge in [0.25, 0.3) is 0 Å². The van der Waals surface area contributed by atoms with Crippen LogP contribution >= 0.6 is 0 Å². The van der Waals surface area contributed by atoms with Gasteiger partial charge in [-0.05, 0) is 36.6 Å². The first-order chi connectivity index (χ1) is 15.2. The van der Waals surface area contributed by atoms with Crippen LogP contribution in [0, 0.1) is 5.82 Å². The highest BCUT2D eigenvalue weighted by Crippen LogP contribution is 2.40. The lowest BCUT2D eigenvalue weighted by Gasteiger charge is -2.32. The zero-order chi connectivity index (χ0) is 21.5. The fourth-order valence-electron chi connectivity index (χ4n) is 4.69. The molecule has 1 saturated carbocycles. The summed E-state index contributed by atoms with van der Waals surface area (Å²) in [5.74, 6) is 1.36. The lowest BCUT2D eigenvalue weighted by Crippen LogP contribution is -2.40. The number of morpholine rings is 1. The third kappa shape index (κ3) is 5.37. The van der Waals surface area contributed by atoms with Crippen LogP contribution in [-0.2, 0) is 16.8 Å². The molecule has 168 valence electrons. The Balaban J connectivity index is 1.38. The second kappa shape index (κ2) is 10.4. The Hall–Kier alpha value is -2.15. The molecule has 0 radical (unpaired) electrons. The van der Waals surface area contributed by atoms with E-state index < -0.39 is 0 Å². The fourth-order valence-corrected chi connectivity index (χ4v) is 4.69. The summed E-state index contributed by atoms with van der Waals surface area (Å²) in [6, 6.07) is 13.2. The van der Waals surface area contributed by atoms with Gasteiger partial charge in [-0.2, -0.15) is 0 Å². The van der Waals surface area contributed by atoms with Crippen LogP contribution in [0.2, 0.25) is 0 Å². The molecular formula is C25H33FN2O3. The number of rotatable bonds is 9. The van der Waals surface area contributed by atoms with Crippen molar-refractivity contribution in [2.45, 2.75) is 37.8 Å². The zero-order valence-corrected chi connectivity index (χ0v) is 18.4. The van der Waals surface area contributed by atoms with Gasteiger partial charge in [0.1, 0.15) is 12.4 Å².